The number of rotatable bonds is 4. The Hall–Kier alpha value is -0.0800. The van der Waals surface area contributed by atoms with Gasteiger partial charge in [-0.1, -0.05) is 13.8 Å². The van der Waals surface area contributed by atoms with Crippen LogP contribution in [0, 0.1) is 11.8 Å². The predicted molar refractivity (Wildman–Crippen MR) is 62.3 cm³/mol. The lowest BCUT2D eigenvalue weighted by Gasteiger charge is -2.37. The van der Waals surface area contributed by atoms with Gasteiger partial charge in [0, 0.05) is 6.04 Å². The van der Waals surface area contributed by atoms with E-state index in [1.54, 1.807) is 0 Å². The standard InChI is InChI=1S/C12H26N2/c1-10-5-6-12(9-11(10)2)14(3)8-4-7-13/h10-12H,4-9,13H2,1-3H3. The quantitative estimate of drug-likeness (QED) is 0.749. The summed E-state index contributed by atoms with van der Waals surface area (Å²) in [5.74, 6) is 1.82. The van der Waals surface area contributed by atoms with Crippen LogP contribution in [-0.2, 0) is 0 Å². The van der Waals surface area contributed by atoms with Gasteiger partial charge < -0.3 is 10.6 Å². The van der Waals surface area contributed by atoms with Gasteiger partial charge in [-0.05, 0) is 57.7 Å². The lowest BCUT2D eigenvalue weighted by molar-refractivity contribution is 0.131. The van der Waals surface area contributed by atoms with Crippen molar-refractivity contribution in [2.45, 2.75) is 45.6 Å². The molecule has 0 heterocycles. The molecule has 0 spiro atoms. The van der Waals surface area contributed by atoms with E-state index < -0.39 is 0 Å². The van der Waals surface area contributed by atoms with Crippen LogP contribution in [0.1, 0.15) is 39.5 Å². The maximum Gasteiger partial charge on any atom is 0.00949 e. The first-order valence-electron chi connectivity index (χ1n) is 6.05. The molecule has 1 saturated carbocycles. The Morgan fingerprint density at radius 1 is 1.21 bits per heavy atom. The number of nitrogens with two attached hydrogens (primary N) is 1. The molecule has 0 saturated heterocycles. The molecule has 0 aromatic heterocycles. The second kappa shape index (κ2) is 5.72. The second-order valence-corrected chi connectivity index (χ2v) is 5.04. The second-order valence-electron chi connectivity index (χ2n) is 5.04. The minimum atomic E-state index is 0.813. The molecule has 3 atom stereocenters. The van der Waals surface area contributed by atoms with Gasteiger partial charge in [-0.25, -0.2) is 0 Å². The first-order valence-corrected chi connectivity index (χ1v) is 6.05. The molecule has 84 valence electrons. The first-order chi connectivity index (χ1) is 6.65. The Kier molecular flexibility index (Phi) is 4.90. The molecule has 0 aromatic rings. The zero-order valence-corrected chi connectivity index (χ0v) is 10.00. The lowest BCUT2D eigenvalue weighted by Crippen LogP contribution is -2.38. The van der Waals surface area contributed by atoms with Crippen LogP contribution in [0.4, 0.5) is 0 Å². The average Bonchev–Trinajstić information content (AvgIpc) is 2.18. The molecular weight excluding hydrogens is 172 g/mol. The highest BCUT2D eigenvalue weighted by atomic mass is 15.1. The van der Waals surface area contributed by atoms with E-state index in [2.05, 4.69) is 25.8 Å². The molecular formula is C12H26N2. The van der Waals surface area contributed by atoms with Gasteiger partial charge >= 0.3 is 0 Å². The minimum absolute atomic E-state index is 0.813. The molecule has 0 bridgehead atoms. The van der Waals surface area contributed by atoms with E-state index in [-0.39, 0.29) is 0 Å². The average molecular weight is 198 g/mol. The van der Waals surface area contributed by atoms with Gasteiger partial charge in [0.1, 0.15) is 0 Å². The summed E-state index contributed by atoms with van der Waals surface area (Å²) in [4.78, 5) is 2.51. The van der Waals surface area contributed by atoms with Gasteiger partial charge in [-0.15, -0.1) is 0 Å². The Bertz CT molecular complexity index is 158. The van der Waals surface area contributed by atoms with Gasteiger partial charge in [0.2, 0.25) is 0 Å². The zero-order chi connectivity index (χ0) is 10.6. The number of hydrogen-bond acceptors (Lipinski definition) is 2. The summed E-state index contributed by atoms with van der Waals surface area (Å²) in [6.45, 7) is 6.78. The van der Waals surface area contributed by atoms with Gasteiger partial charge in [-0.3, -0.25) is 0 Å². The fourth-order valence-electron chi connectivity index (χ4n) is 2.44. The van der Waals surface area contributed by atoms with Crippen LogP contribution in [0.3, 0.4) is 0 Å². The molecule has 1 aliphatic carbocycles. The Morgan fingerprint density at radius 3 is 2.50 bits per heavy atom. The molecule has 0 amide bonds. The molecule has 2 nitrogen and oxygen atoms in total. The van der Waals surface area contributed by atoms with Crippen LogP contribution >= 0.6 is 0 Å². The van der Waals surface area contributed by atoms with Gasteiger partial charge in [0.05, 0.1) is 0 Å². The molecule has 2 heteroatoms. The Labute approximate surface area is 88.8 Å². The van der Waals surface area contributed by atoms with E-state index in [9.17, 15) is 0 Å². The van der Waals surface area contributed by atoms with Crippen molar-refractivity contribution in [1.29, 1.82) is 0 Å². The summed E-state index contributed by atoms with van der Waals surface area (Å²) in [7, 11) is 2.25. The number of nitrogens with zero attached hydrogens (tertiary/aromatic N) is 1. The van der Waals surface area contributed by atoms with Crippen molar-refractivity contribution in [3.8, 4) is 0 Å². The van der Waals surface area contributed by atoms with Crippen LogP contribution in [0.2, 0.25) is 0 Å². The van der Waals surface area contributed by atoms with Crippen LogP contribution in [0.25, 0.3) is 0 Å². The molecule has 2 N–H and O–H groups in total. The fourth-order valence-corrected chi connectivity index (χ4v) is 2.44. The van der Waals surface area contributed by atoms with Crippen molar-refractivity contribution in [3.63, 3.8) is 0 Å². The van der Waals surface area contributed by atoms with Crippen LogP contribution in [0.15, 0.2) is 0 Å². The summed E-state index contributed by atoms with van der Waals surface area (Å²) in [6, 6.07) is 0.813. The van der Waals surface area contributed by atoms with Crippen LogP contribution < -0.4 is 5.73 Å². The highest BCUT2D eigenvalue weighted by Crippen LogP contribution is 2.31. The third-order valence-corrected chi connectivity index (χ3v) is 3.91. The van der Waals surface area contributed by atoms with Crippen LogP contribution in [-0.4, -0.2) is 31.1 Å². The van der Waals surface area contributed by atoms with E-state index in [1.165, 1.54) is 25.8 Å². The van der Waals surface area contributed by atoms with Gasteiger partial charge in [0.15, 0.2) is 0 Å². The van der Waals surface area contributed by atoms with Gasteiger partial charge in [0.25, 0.3) is 0 Å². The van der Waals surface area contributed by atoms with E-state index in [0.29, 0.717) is 0 Å². The summed E-state index contributed by atoms with van der Waals surface area (Å²) >= 11 is 0. The molecule has 14 heavy (non-hydrogen) atoms. The maximum absolute atomic E-state index is 5.53. The molecule has 0 aliphatic heterocycles. The largest absolute Gasteiger partial charge is 0.330 e. The summed E-state index contributed by atoms with van der Waals surface area (Å²) in [5.41, 5.74) is 5.53. The smallest absolute Gasteiger partial charge is 0.00949 e. The van der Waals surface area contributed by atoms with Crippen molar-refractivity contribution in [1.82, 2.24) is 4.90 Å². The zero-order valence-electron chi connectivity index (χ0n) is 10.00. The third-order valence-electron chi connectivity index (χ3n) is 3.91. The molecule has 3 unspecified atom stereocenters. The summed E-state index contributed by atoms with van der Waals surface area (Å²) < 4.78 is 0. The number of hydrogen-bond donors (Lipinski definition) is 1. The van der Waals surface area contributed by atoms with Crippen molar-refractivity contribution in [2.75, 3.05) is 20.1 Å². The topological polar surface area (TPSA) is 29.3 Å². The van der Waals surface area contributed by atoms with E-state index in [0.717, 1.165) is 30.8 Å². The maximum atomic E-state index is 5.53. The van der Waals surface area contributed by atoms with Crippen molar-refractivity contribution >= 4 is 0 Å². The third kappa shape index (κ3) is 3.25. The summed E-state index contributed by atoms with van der Waals surface area (Å²) in [5, 5.41) is 0. The van der Waals surface area contributed by atoms with E-state index in [1.807, 2.05) is 0 Å². The predicted octanol–water partition coefficient (Wildman–Crippen LogP) is 2.09. The molecule has 0 radical (unpaired) electrons. The van der Waals surface area contributed by atoms with Crippen molar-refractivity contribution in [2.24, 2.45) is 17.6 Å². The van der Waals surface area contributed by atoms with Gasteiger partial charge in [-0.2, -0.15) is 0 Å². The lowest BCUT2D eigenvalue weighted by atomic mass is 9.78. The van der Waals surface area contributed by atoms with Crippen LogP contribution in [0.5, 0.6) is 0 Å². The van der Waals surface area contributed by atoms with E-state index >= 15 is 0 Å². The fraction of sp³-hybridized carbons (Fsp3) is 1.00. The van der Waals surface area contributed by atoms with Crippen molar-refractivity contribution in [3.05, 3.63) is 0 Å². The normalized spacial score (nSPS) is 33.6. The SMILES string of the molecule is CC1CCC(N(C)CCCN)CC1C. The van der Waals surface area contributed by atoms with Crippen molar-refractivity contribution < 1.29 is 0 Å². The monoisotopic (exact) mass is 198 g/mol. The minimum Gasteiger partial charge on any atom is -0.330 e. The Morgan fingerprint density at radius 2 is 1.93 bits per heavy atom. The molecule has 1 aliphatic rings. The molecule has 1 rings (SSSR count). The first kappa shape index (κ1) is 12.0. The highest BCUT2D eigenvalue weighted by molar-refractivity contribution is 4.80. The summed E-state index contributed by atoms with van der Waals surface area (Å²) in [6.07, 6.45) is 5.30. The van der Waals surface area contributed by atoms with E-state index in [4.69, 9.17) is 5.73 Å². The highest BCUT2D eigenvalue weighted by Gasteiger charge is 2.26. The Balaban J connectivity index is 2.30. The molecule has 1 fully saturated rings. The molecule has 0 aromatic carbocycles.